The van der Waals surface area contributed by atoms with E-state index in [4.69, 9.17) is 27.7 Å². The summed E-state index contributed by atoms with van der Waals surface area (Å²) < 4.78 is 45.6. The summed E-state index contributed by atoms with van der Waals surface area (Å²) in [5.74, 6) is 0.290. The first kappa shape index (κ1) is 22.6. The molecule has 0 saturated heterocycles. The van der Waals surface area contributed by atoms with Crippen LogP contribution in [0.15, 0.2) is 22.7 Å². The fourth-order valence-electron chi connectivity index (χ4n) is 2.85. The van der Waals surface area contributed by atoms with Gasteiger partial charge in [-0.25, -0.2) is 0 Å². The number of benzene rings is 1. The summed E-state index contributed by atoms with van der Waals surface area (Å²) in [6, 6.07) is 3.96. The average Bonchev–Trinajstić information content (AvgIpc) is 3.04. The standard InChI is InChI=1S/C19H21Cl2F3N2O2/c1-12-9-14(28-26-12)5-3-2-4-6-15-16(19(22,23)24)10-13(11-17(15)21)18(27)25-8-7-20/h9-11H,2-8H2,1H3,(H,25,27). The first-order chi connectivity index (χ1) is 13.2. The van der Waals surface area contributed by atoms with E-state index in [0.717, 1.165) is 23.9 Å². The molecule has 0 spiro atoms. The van der Waals surface area contributed by atoms with Gasteiger partial charge in [0.05, 0.1) is 11.3 Å². The van der Waals surface area contributed by atoms with Crippen LogP contribution in [0.5, 0.6) is 0 Å². The lowest BCUT2D eigenvalue weighted by molar-refractivity contribution is -0.138. The number of carbonyl (C=O) groups excluding carboxylic acids is 1. The first-order valence-electron chi connectivity index (χ1n) is 8.88. The molecule has 1 amide bonds. The number of nitrogens with one attached hydrogen (secondary N) is 1. The summed E-state index contributed by atoms with van der Waals surface area (Å²) >= 11 is 11.6. The molecular weight excluding hydrogens is 416 g/mol. The van der Waals surface area contributed by atoms with Crippen molar-refractivity contribution in [1.29, 1.82) is 0 Å². The first-order valence-corrected chi connectivity index (χ1v) is 9.79. The van der Waals surface area contributed by atoms with Crippen molar-refractivity contribution in [2.24, 2.45) is 0 Å². The normalized spacial score (nSPS) is 11.6. The number of amides is 1. The molecule has 0 atom stereocenters. The van der Waals surface area contributed by atoms with E-state index in [0.29, 0.717) is 19.3 Å². The van der Waals surface area contributed by atoms with Crippen molar-refractivity contribution >= 4 is 29.1 Å². The number of aryl methyl sites for hydroxylation is 2. The Morgan fingerprint density at radius 3 is 2.50 bits per heavy atom. The van der Waals surface area contributed by atoms with Gasteiger partial charge < -0.3 is 9.84 Å². The predicted molar refractivity (Wildman–Crippen MR) is 102 cm³/mol. The summed E-state index contributed by atoms with van der Waals surface area (Å²) in [5, 5.41) is 6.18. The van der Waals surface area contributed by atoms with Gasteiger partial charge in [0, 0.05) is 35.5 Å². The molecule has 1 aromatic heterocycles. The zero-order valence-corrected chi connectivity index (χ0v) is 16.8. The predicted octanol–water partition coefficient (Wildman–Crippen LogP) is 5.58. The third-order valence-electron chi connectivity index (χ3n) is 4.17. The third kappa shape index (κ3) is 6.41. The molecule has 1 N–H and O–H groups in total. The minimum Gasteiger partial charge on any atom is -0.361 e. The molecule has 0 unspecified atom stereocenters. The number of nitrogens with zero attached hydrogens (tertiary/aromatic N) is 1. The number of alkyl halides is 4. The van der Waals surface area contributed by atoms with E-state index >= 15 is 0 Å². The average molecular weight is 437 g/mol. The van der Waals surface area contributed by atoms with Crippen molar-refractivity contribution in [3.8, 4) is 0 Å². The molecule has 1 heterocycles. The molecule has 0 saturated carbocycles. The van der Waals surface area contributed by atoms with Gasteiger partial charge in [-0.2, -0.15) is 13.2 Å². The van der Waals surface area contributed by atoms with Gasteiger partial charge in [0.1, 0.15) is 5.76 Å². The van der Waals surface area contributed by atoms with Crippen LogP contribution in [-0.2, 0) is 19.0 Å². The summed E-state index contributed by atoms with van der Waals surface area (Å²) in [6.07, 6.45) is -1.72. The Balaban J connectivity index is 2.04. The van der Waals surface area contributed by atoms with Crippen LogP contribution in [0, 0.1) is 6.92 Å². The zero-order chi connectivity index (χ0) is 20.7. The maximum absolute atomic E-state index is 13.5. The van der Waals surface area contributed by atoms with Gasteiger partial charge in [-0.05, 0) is 43.9 Å². The van der Waals surface area contributed by atoms with Gasteiger partial charge in [-0.15, -0.1) is 11.6 Å². The largest absolute Gasteiger partial charge is 0.416 e. The number of rotatable bonds is 9. The second-order valence-electron chi connectivity index (χ2n) is 6.42. The van der Waals surface area contributed by atoms with Crippen LogP contribution in [0.2, 0.25) is 5.02 Å². The SMILES string of the molecule is Cc1cc(CCCCCc2c(Cl)cc(C(=O)NCCCl)cc2C(F)(F)F)on1. The van der Waals surface area contributed by atoms with Gasteiger partial charge in [-0.3, -0.25) is 4.79 Å². The number of aromatic nitrogens is 1. The number of hydrogen-bond acceptors (Lipinski definition) is 3. The Morgan fingerprint density at radius 2 is 1.89 bits per heavy atom. The highest BCUT2D eigenvalue weighted by molar-refractivity contribution is 6.31. The van der Waals surface area contributed by atoms with Crippen LogP contribution in [0.25, 0.3) is 0 Å². The molecular formula is C19H21Cl2F3N2O2. The van der Waals surface area contributed by atoms with E-state index in [1.165, 1.54) is 6.07 Å². The molecule has 0 aliphatic heterocycles. The molecule has 2 aromatic rings. The fraction of sp³-hybridized carbons (Fsp3) is 0.474. The number of carbonyl (C=O) groups is 1. The lowest BCUT2D eigenvalue weighted by Crippen LogP contribution is -2.26. The molecule has 28 heavy (non-hydrogen) atoms. The topological polar surface area (TPSA) is 55.1 Å². The van der Waals surface area contributed by atoms with E-state index < -0.39 is 17.6 Å². The molecule has 9 heteroatoms. The van der Waals surface area contributed by atoms with Crippen LogP contribution in [0.4, 0.5) is 13.2 Å². The second-order valence-corrected chi connectivity index (χ2v) is 7.21. The second kappa shape index (κ2) is 10.2. The van der Waals surface area contributed by atoms with Crippen LogP contribution in [-0.4, -0.2) is 23.5 Å². The Kier molecular flexibility index (Phi) is 8.19. The third-order valence-corrected chi connectivity index (χ3v) is 4.70. The van der Waals surface area contributed by atoms with Crippen molar-refractivity contribution in [2.75, 3.05) is 12.4 Å². The maximum atomic E-state index is 13.5. The lowest BCUT2D eigenvalue weighted by atomic mass is 9.97. The van der Waals surface area contributed by atoms with E-state index in [2.05, 4.69) is 10.5 Å². The monoisotopic (exact) mass is 436 g/mol. The quantitative estimate of drug-likeness (QED) is 0.412. The van der Waals surface area contributed by atoms with Gasteiger partial charge >= 0.3 is 6.18 Å². The van der Waals surface area contributed by atoms with Crippen molar-refractivity contribution in [3.05, 3.63) is 51.4 Å². The molecule has 0 aliphatic rings. The van der Waals surface area contributed by atoms with E-state index in [-0.39, 0.29) is 35.0 Å². The van der Waals surface area contributed by atoms with Crippen molar-refractivity contribution in [2.45, 2.75) is 45.2 Å². The molecule has 0 fully saturated rings. The smallest absolute Gasteiger partial charge is 0.361 e. The van der Waals surface area contributed by atoms with Crippen LogP contribution in [0.3, 0.4) is 0 Å². The molecule has 154 valence electrons. The maximum Gasteiger partial charge on any atom is 0.416 e. The molecule has 4 nitrogen and oxygen atoms in total. The Labute approximate surface area is 171 Å². The van der Waals surface area contributed by atoms with Crippen molar-refractivity contribution in [1.82, 2.24) is 10.5 Å². The highest BCUT2D eigenvalue weighted by atomic mass is 35.5. The molecule has 0 bridgehead atoms. The van der Waals surface area contributed by atoms with E-state index in [1.54, 1.807) is 0 Å². The zero-order valence-electron chi connectivity index (χ0n) is 15.3. The molecule has 0 radical (unpaired) electrons. The Morgan fingerprint density at radius 1 is 1.18 bits per heavy atom. The summed E-state index contributed by atoms with van der Waals surface area (Å²) in [6.45, 7) is 1.99. The van der Waals surface area contributed by atoms with E-state index in [1.807, 2.05) is 13.0 Å². The minimum atomic E-state index is -4.60. The molecule has 1 aromatic carbocycles. The van der Waals surface area contributed by atoms with Crippen molar-refractivity contribution in [3.63, 3.8) is 0 Å². The van der Waals surface area contributed by atoms with Crippen molar-refractivity contribution < 1.29 is 22.5 Å². The summed E-state index contributed by atoms with van der Waals surface area (Å²) in [7, 11) is 0. The molecule has 0 aliphatic carbocycles. The Hall–Kier alpha value is -1.73. The van der Waals surface area contributed by atoms with Gasteiger partial charge in [0.2, 0.25) is 0 Å². The highest BCUT2D eigenvalue weighted by Gasteiger charge is 2.35. The molecule has 2 rings (SSSR count). The van der Waals surface area contributed by atoms with Gasteiger partial charge in [0.25, 0.3) is 5.91 Å². The summed E-state index contributed by atoms with van der Waals surface area (Å²) in [4.78, 5) is 12.0. The van der Waals surface area contributed by atoms with Crippen LogP contribution in [0.1, 0.15) is 52.2 Å². The van der Waals surface area contributed by atoms with E-state index in [9.17, 15) is 18.0 Å². The summed E-state index contributed by atoms with van der Waals surface area (Å²) in [5.41, 5.74) is -0.195. The number of hydrogen-bond donors (Lipinski definition) is 1. The lowest BCUT2D eigenvalue weighted by Gasteiger charge is -2.16. The van der Waals surface area contributed by atoms with Crippen LogP contribution < -0.4 is 5.32 Å². The highest BCUT2D eigenvalue weighted by Crippen LogP contribution is 2.37. The fourth-order valence-corrected chi connectivity index (χ4v) is 3.26. The number of halogens is 5. The van der Waals surface area contributed by atoms with Crippen LogP contribution >= 0.6 is 23.2 Å². The minimum absolute atomic E-state index is 0.0126. The van der Waals surface area contributed by atoms with Gasteiger partial charge in [-0.1, -0.05) is 23.2 Å². The Bertz CT molecular complexity index is 807. The van der Waals surface area contributed by atoms with Gasteiger partial charge in [0.15, 0.2) is 0 Å². The number of unbranched alkanes of at least 4 members (excludes halogenated alkanes) is 2.